The number of halogens is 2. The molecule has 94 valence electrons. The zero-order chi connectivity index (χ0) is 11.5. The number of hydrogen-bond acceptors (Lipinski definition) is 2. The van der Waals surface area contributed by atoms with Crippen LogP contribution in [0.1, 0.15) is 19.3 Å². The summed E-state index contributed by atoms with van der Waals surface area (Å²) in [6, 6.07) is 7.61. The number of nitrogens with one attached hydrogen (secondary N) is 1. The molecule has 5 heteroatoms. The summed E-state index contributed by atoms with van der Waals surface area (Å²) in [6.07, 6.45) is 2.91. The Labute approximate surface area is 116 Å². The molecule has 0 aromatic heterocycles. The Hall–Kier alpha value is -0.580. The Morgan fingerprint density at radius 1 is 1.41 bits per heavy atom. The molecular formula is C12H16BrClN2O. The minimum absolute atomic E-state index is 0. The predicted octanol–water partition coefficient (Wildman–Crippen LogP) is 2.94. The lowest BCUT2D eigenvalue weighted by atomic mass is 10.0. The van der Waals surface area contributed by atoms with Crippen LogP contribution < -0.4 is 11.1 Å². The average molecular weight is 320 g/mol. The molecular weight excluding hydrogens is 304 g/mol. The molecule has 1 aromatic rings. The number of rotatable bonds is 2. The van der Waals surface area contributed by atoms with E-state index in [1.807, 2.05) is 24.3 Å². The molecule has 17 heavy (non-hydrogen) atoms. The second-order valence-electron chi connectivity index (χ2n) is 4.20. The summed E-state index contributed by atoms with van der Waals surface area (Å²) in [7, 11) is 0. The Bertz CT molecular complexity index is 400. The number of amides is 1. The Kier molecular flexibility index (Phi) is 5.43. The zero-order valence-corrected chi connectivity index (χ0v) is 11.8. The highest BCUT2D eigenvalue weighted by Crippen LogP contribution is 2.25. The van der Waals surface area contributed by atoms with Crippen molar-refractivity contribution in [3.63, 3.8) is 0 Å². The van der Waals surface area contributed by atoms with Crippen molar-refractivity contribution in [1.29, 1.82) is 0 Å². The van der Waals surface area contributed by atoms with Crippen LogP contribution in [0, 0.1) is 5.92 Å². The molecule has 0 saturated heterocycles. The highest BCUT2D eigenvalue weighted by atomic mass is 79.9. The number of hydrogen-bond donors (Lipinski definition) is 2. The van der Waals surface area contributed by atoms with Gasteiger partial charge in [-0.2, -0.15) is 0 Å². The average Bonchev–Trinajstić information content (AvgIpc) is 2.64. The van der Waals surface area contributed by atoms with Crippen LogP contribution in [0.4, 0.5) is 5.69 Å². The van der Waals surface area contributed by atoms with Crippen molar-refractivity contribution in [2.45, 2.75) is 25.3 Å². The van der Waals surface area contributed by atoms with Gasteiger partial charge in [0, 0.05) is 16.2 Å². The Balaban J connectivity index is 0.00000144. The second-order valence-corrected chi connectivity index (χ2v) is 5.12. The van der Waals surface area contributed by atoms with Gasteiger partial charge in [0.2, 0.25) is 5.91 Å². The zero-order valence-electron chi connectivity index (χ0n) is 9.36. The minimum Gasteiger partial charge on any atom is -0.327 e. The first-order valence-corrected chi connectivity index (χ1v) is 6.28. The molecule has 1 aromatic carbocycles. The van der Waals surface area contributed by atoms with Gasteiger partial charge in [-0.15, -0.1) is 12.4 Å². The summed E-state index contributed by atoms with van der Waals surface area (Å²) in [5, 5.41) is 2.91. The molecule has 3 nitrogen and oxygen atoms in total. The monoisotopic (exact) mass is 318 g/mol. The van der Waals surface area contributed by atoms with Crippen LogP contribution in [-0.2, 0) is 4.79 Å². The van der Waals surface area contributed by atoms with Crippen LogP contribution in [-0.4, -0.2) is 11.9 Å². The third kappa shape index (κ3) is 3.69. The normalized spacial score (nSPS) is 22.9. The lowest BCUT2D eigenvalue weighted by Gasteiger charge is -2.15. The van der Waals surface area contributed by atoms with Crippen molar-refractivity contribution in [2.24, 2.45) is 11.7 Å². The number of nitrogens with two attached hydrogens (primary N) is 1. The predicted molar refractivity (Wildman–Crippen MR) is 75.3 cm³/mol. The van der Waals surface area contributed by atoms with Crippen molar-refractivity contribution in [1.82, 2.24) is 0 Å². The maximum atomic E-state index is 11.9. The van der Waals surface area contributed by atoms with E-state index < -0.39 is 0 Å². The molecule has 0 spiro atoms. The lowest BCUT2D eigenvalue weighted by Crippen LogP contribution is -2.34. The summed E-state index contributed by atoms with van der Waals surface area (Å²) in [5.74, 6) is 0.0158. The van der Waals surface area contributed by atoms with Crippen molar-refractivity contribution in [2.75, 3.05) is 5.32 Å². The maximum absolute atomic E-state index is 11.9. The third-order valence-corrected chi connectivity index (χ3v) is 3.49. The Morgan fingerprint density at radius 2 is 2.18 bits per heavy atom. The fourth-order valence-electron chi connectivity index (χ4n) is 2.12. The van der Waals surface area contributed by atoms with E-state index in [0.717, 1.165) is 29.4 Å². The molecule has 1 amide bonds. The van der Waals surface area contributed by atoms with Gasteiger partial charge in [-0.3, -0.25) is 4.79 Å². The molecule has 3 N–H and O–H groups in total. The van der Waals surface area contributed by atoms with Gasteiger partial charge < -0.3 is 11.1 Å². The summed E-state index contributed by atoms with van der Waals surface area (Å²) in [6.45, 7) is 0. The number of carbonyl (C=O) groups excluding carboxylic acids is 1. The van der Waals surface area contributed by atoms with Crippen molar-refractivity contribution >= 4 is 39.9 Å². The first-order chi connectivity index (χ1) is 7.66. The van der Waals surface area contributed by atoms with Gasteiger partial charge in [0.1, 0.15) is 0 Å². The SMILES string of the molecule is Cl.NC1CCCC1C(=O)Nc1cccc(Br)c1. The largest absolute Gasteiger partial charge is 0.327 e. The van der Waals surface area contributed by atoms with E-state index in [-0.39, 0.29) is 30.3 Å². The molecule has 1 aliphatic rings. The van der Waals surface area contributed by atoms with Gasteiger partial charge in [-0.05, 0) is 31.0 Å². The fourth-order valence-corrected chi connectivity index (χ4v) is 2.51. The van der Waals surface area contributed by atoms with Crippen LogP contribution in [0.25, 0.3) is 0 Å². The van der Waals surface area contributed by atoms with Crippen LogP contribution >= 0.6 is 28.3 Å². The molecule has 2 atom stereocenters. The summed E-state index contributed by atoms with van der Waals surface area (Å²) < 4.78 is 0.959. The highest BCUT2D eigenvalue weighted by molar-refractivity contribution is 9.10. The van der Waals surface area contributed by atoms with Gasteiger partial charge in [-0.25, -0.2) is 0 Å². The van der Waals surface area contributed by atoms with E-state index in [0.29, 0.717) is 0 Å². The number of carbonyl (C=O) groups is 1. The van der Waals surface area contributed by atoms with Crippen molar-refractivity contribution in [3.05, 3.63) is 28.7 Å². The van der Waals surface area contributed by atoms with E-state index in [2.05, 4.69) is 21.2 Å². The van der Waals surface area contributed by atoms with Crippen LogP contribution in [0.5, 0.6) is 0 Å². The first-order valence-electron chi connectivity index (χ1n) is 5.49. The molecule has 1 fully saturated rings. The van der Waals surface area contributed by atoms with Crippen molar-refractivity contribution in [3.8, 4) is 0 Å². The van der Waals surface area contributed by atoms with E-state index in [1.54, 1.807) is 0 Å². The molecule has 0 radical (unpaired) electrons. The summed E-state index contributed by atoms with van der Waals surface area (Å²) in [4.78, 5) is 11.9. The molecule has 2 rings (SSSR count). The topological polar surface area (TPSA) is 55.1 Å². The van der Waals surface area contributed by atoms with E-state index in [1.165, 1.54) is 0 Å². The lowest BCUT2D eigenvalue weighted by molar-refractivity contribution is -0.120. The molecule has 0 aliphatic heterocycles. The standard InChI is InChI=1S/C12H15BrN2O.ClH/c13-8-3-1-4-9(7-8)15-12(16)10-5-2-6-11(10)14;/h1,3-4,7,10-11H,2,5-6,14H2,(H,15,16);1H. The number of anilines is 1. The quantitative estimate of drug-likeness (QED) is 0.880. The number of benzene rings is 1. The Morgan fingerprint density at radius 3 is 2.76 bits per heavy atom. The van der Waals surface area contributed by atoms with Gasteiger partial charge in [0.15, 0.2) is 0 Å². The van der Waals surface area contributed by atoms with Crippen LogP contribution in [0.2, 0.25) is 0 Å². The summed E-state index contributed by atoms with van der Waals surface area (Å²) >= 11 is 3.37. The minimum atomic E-state index is -0.0287. The fraction of sp³-hybridized carbons (Fsp3) is 0.417. The van der Waals surface area contributed by atoms with E-state index in [4.69, 9.17) is 5.73 Å². The van der Waals surface area contributed by atoms with E-state index in [9.17, 15) is 4.79 Å². The smallest absolute Gasteiger partial charge is 0.229 e. The molecule has 2 unspecified atom stereocenters. The van der Waals surface area contributed by atoms with Crippen LogP contribution in [0.15, 0.2) is 28.7 Å². The first kappa shape index (κ1) is 14.5. The third-order valence-electron chi connectivity index (χ3n) is 3.00. The molecule has 0 bridgehead atoms. The molecule has 1 saturated carbocycles. The summed E-state index contributed by atoms with van der Waals surface area (Å²) in [5.41, 5.74) is 6.71. The van der Waals surface area contributed by atoms with Crippen LogP contribution in [0.3, 0.4) is 0 Å². The van der Waals surface area contributed by atoms with Gasteiger partial charge in [0.25, 0.3) is 0 Å². The van der Waals surface area contributed by atoms with E-state index >= 15 is 0 Å². The molecule has 1 aliphatic carbocycles. The van der Waals surface area contributed by atoms with Gasteiger partial charge >= 0.3 is 0 Å². The molecule has 0 heterocycles. The van der Waals surface area contributed by atoms with Crippen molar-refractivity contribution < 1.29 is 4.79 Å². The highest BCUT2D eigenvalue weighted by Gasteiger charge is 2.30. The second kappa shape index (κ2) is 6.38. The maximum Gasteiger partial charge on any atom is 0.229 e. The van der Waals surface area contributed by atoms with Gasteiger partial charge in [0.05, 0.1) is 5.92 Å². The van der Waals surface area contributed by atoms with Gasteiger partial charge in [-0.1, -0.05) is 28.4 Å².